The van der Waals surface area contributed by atoms with Crippen molar-refractivity contribution in [1.29, 1.82) is 0 Å². The van der Waals surface area contributed by atoms with Crippen molar-refractivity contribution in [2.24, 2.45) is 5.11 Å². The summed E-state index contributed by atoms with van der Waals surface area (Å²) in [6.45, 7) is 0. The predicted molar refractivity (Wildman–Crippen MR) is 45.0 cm³/mol. The smallest absolute Gasteiger partial charge is 0.143 e. The number of rotatable bonds is 1. The lowest BCUT2D eigenvalue weighted by atomic mass is 10.2. The van der Waals surface area contributed by atoms with Crippen LogP contribution in [-0.4, -0.2) is 0 Å². The second-order valence-electron chi connectivity index (χ2n) is 2.31. The van der Waals surface area contributed by atoms with Gasteiger partial charge in [-0.15, -0.1) is 0 Å². The molecule has 0 radical (unpaired) electrons. The van der Waals surface area contributed by atoms with Crippen molar-refractivity contribution in [3.63, 3.8) is 0 Å². The van der Waals surface area contributed by atoms with Crippen LogP contribution in [0.2, 0.25) is 0 Å². The summed E-state index contributed by atoms with van der Waals surface area (Å²) in [6, 6.07) is 7.26. The lowest BCUT2D eigenvalue weighted by Gasteiger charge is -1.90. The third-order valence-electron chi connectivity index (χ3n) is 1.61. The standard InChI is InChI=1S/C8H5N3O/c9-11-10-7-3-1-2-6-4-5-12-8(6)7/h1-5H. The number of azide groups is 1. The number of para-hydroxylation sites is 1. The summed E-state index contributed by atoms with van der Waals surface area (Å²) < 4.78 is 5.14. The molecule has 1 aromatic carbocycles. The molecule has 2 aromatic rings. The summed E-state index contributed by atoms with van der Waals surface area (Å²) in [5, 5.41) is 4.44. The first kappa shape index (κ1) is 6.76. The SMILES string of the molecule is [N-]=[N+]=Nc1cccc2ccoc12. The molecule has 0 fully saturated rings. The van der Waals surface area contributed by atoms with E-state index < -0.39 is 0 Å². The number of hydrogen-bond donors (Lipinski definition) is 0. The second-order valence-corrected chi connectivity index (χ2v) is 2.31. The molecule has 1 aromatic heterocycles. The monoisotopic (exact) mass is 159 g/mol. The van der Waals surface area contributed by atoms with Crippen LogP contribution in [0.15, 0.2) is 40.1 Å². The molecule has 4 nitrogen and oxygen atoms in total. The van der Waals surface area contributed by atoms with Crippen LogP contribution in [0, 0.1) is 0 Å². The van der Waals surface area contributed by atoms with E-state index in [9.17, 15) is 0 Å². The minimum Gasteiger partial charge on any atom is -0.464 e. The molecule has 12 heavy (non-hydrogen) atoms. The van der Waals surface area contributed by atoms with Crippen LogP contribution in [0.3, 0.4) is 0 Å². The number of nitrogens with zero attached hydrogens (tertiary/aromatic N) is 3. The van der Waals surface area contributed by atoms with Gasteiger partial charge in [-0.25, -0.2) is 0 Å². The van der Waals surface area contributed by atoms with Crippen molar-refractivity contribution in [3.8, 4) is 0 Å². The van der Waals surface area contributed by atoms with E-state index in [1.807, 2.05) is 18.2 Å². The zero-order chi connectivity index (χ0) is 8.39. The zero-order valence-corrected chi connectivity index (χ0v) is 6.14. The van der Waals surface area contributed by atoms with Crippen molar-refractivity contribution in [2.45, 2.75) is 0 Å². The van der Waals surface area contributed by atoms with Crippen molar-refractivity contribution in [3.05, 3.63) is 41.0 Å². The molecule has 0 atom stereocenters. The molecule has 0 bridgehead atoms. The van der Waals surface area contributed by atoms with Crippen LogP contribution < -0.4 is 0 Å². The lowest BCUT2D eigenvalue weighted by Crippen LogP contribution is -1.63. The highest BCUT2D eigenvalue weighted by atomic mass is 16.3. The van der Waals surface area contributed by atoms with E-state index in [1.54, 1.807) is 12.3 Å². The third-order valence-corrected chi connectivity index (χ3v) is 1.61. The van der Waals surface area contributed by atoms with Crippen LogP contribution in [0.25, 0.3) is 21.4 Å². The largest absolute Gasteiger partial charge is 0.464 e. The van der Waals surface area contributed by atoms with Gasteiger partial charge in [-0.3, -0.25) is 0 Å². The Morgan fingerprint density at radius 2 is 2.25 bits per heavy atom. The predicted octanol–water partition coefficient (Wildman–Crippen LogP) is 3.37. The normalized spacial score (nSPS) is 9.67. The van der Waals surface area contributed by atoms with Gasteiger partial charge in [-0.1, -0.05) is 17.2 Å². The molecule has 1 heterocycles. The fraction of sp³-hybridized carbons (Fsp3) is 0. The summed E-state index contributed by atoms with van der Waals surface area (Å²) in [7, 11) is 0. The van der Waals surface area contributed by atoms with Gasteiger partial charge in [0.15, 0.2) is 0 Å². The average Bonchev–Trinajstić information content (AvgIpc) is 2.53. The Morgan fingerprint density at radius 3 is 3.08 bits per heavy atom. The molecule has 0 N–H and O–H groups in total. The second kappa shape index (κ2) is 2.60. The van der Waals surface area contributed by atoms with E-state index in [0.717, 1.165) is 5.39 Å². The first-order chi connectivity index (χ1) is 5.92. The first-order valence-corrected chi connectivity index (χ1v) is 3.43. The van der Waals surface area contributed by atoms with Gasteiger partial charge in [0, 0.05) is 10.3 Å². The van der Waals surface area contributed by atoms with Gasteiger partial charge >= 0.3 is 0 Å². The Morgan fingerprint density at radius 1 is 1.33 bits per heavy atom. The number of furan rings is 1. The van der Waals surface area contributed by atoms with Gasteiger partial charge in [0.2, 0.25) is 0 Å². The fourth-order valence-electron chi connectivity index (χ4n) is 1.10. The molecule has 4 heteroatoms. The van der Waals surface area contributed by atoms with Crippen LogP contribution in [-0.2, 0) is 0 Å². The maximum absolute atomic E-state index is 8.23. The van der Waals surface area contributed by atoms with E-state index in [0.29, 0.717) is 11.3 Å². The van der Waals surface area contributed by atoms with Crippen LogP contribution in [0.5, 0.6) is 0 Å². The molecule has 58 valence electrons. The minimum absolute atomic E-state index is 0.528. The van der Waals surface area contributed by atoms with Crippen molar-refractivity contribution in [1.82, 2.24) is 0 Å². The van der Waals surface area contributed by atoms with Gasteiger partial charge in [-0.05, 0) is 17.7 Å². The molecule has 0 aliphatic carbocycles. The Balaban J connectivity index is 2.81. The Bertz CT molecular complexity index is 454. The van der Waals surface area contributed by atoms with E-state index in [1.165, 1.54) is 0 Å². The maximum Gasteiger partial charge on any atom is 0.143 e. The average molecular weight is 159 g/mol. The van der Waals surface area contributed by atoms with Gasteiger partial charge in [0.1, 0.15) is 5.58 Å². The Labute approximate surface area is 68.0 Å². The van der Waals surface area contributed by atoms with Crippen molar-refractivity contribution >= 4 is 16.7 Å². The maximum atomic E-state index is 8.23. The van der Waals surface area contributed by atoms with Crippen molar-refractivity contribution < 1.29 is 4.42 Å². The highest BCUT2D eigenvalue weighted by Crippen LogP contribution is 2.26. The first-order valence-electron chi connectivity index (χ1n) is 3.43. The van der Waals surface area contributed by atoms with Crippen LogP contribution in [0.1, 0.15) is 0 Å². The Kier molecular flexibility index (Phi) is 1.47. The third kappa shape index (κ3) is 0.909. The van der Waals surface area contributed by atoms with E-state index in [2.05, 4.69) is 10.0 Å². The van der Waals surface area contributed by atoms with E-state index >= 15 is 0 Å². The summed E-state index contributed by atoms with van der Waals surface area (Å²) in [5.74, 6) is 0. The van der Waals surface area contributed by atoms with Crippen LogP contribution >= 0.6 is 0 Å². The summed E-state index contributed by atoms with van der Waals surface area (Å²) in [6.07, 6.45) is 1.57. The molecular formula is C8H5N3O. The molecule has 0 aliphatic rings. The molecule has 2 rings (SSSR count). The summed E-state index contributed by atoms with van der Waals surface area (Å²) >= 11 is 0. The number of fused-ring (bicyclic) bond motifs is 1. The molecular weight excluding hydrogens is 154 g/mol. The number of hydrogen-bond acceptors (Lipinski definition) is 2. The summed E-state index contributed by atoms with van der Waals surface area (Å²) in [4.78, 5) is 2.70. The lowest BCUT2D eigenvalue weighted by molar-refractivity contribution is 0.616. The number of benzene rings is 1. The molecule has 0 amide bonds. The topological polar surface area (TPSA) is 61.9 Å². The minimum atomic E-state index is 0.528. The quantitative estimate of drug-likeness (QED) is 0.357. The van der Waals surface area contributed by atoms with Gasteiger partial charge in [0.25, 0.3) is 0 Å². The molecule has 0 saturated carbocycles. The van der Waals surface area contributed by atoms with Gasteiger partial charge in [-0.2, -0.15) is 0 Å². The van der Waals surface area contributed by atoms with Gasteiger partial charge < -0.3 is 4.42 Å². The highest BCUT2D eigenvalue weighted by Gasteiger charge is 1.99. The molecule has 0 unspecified atom stereocenters. The Hall–Kier alpha value is -1.93. The fourth-order valence-corrected chi connectivity index (χ4v) is 1.10. The molecule has 0 spiro atoms. The molecule has 0 aliphatic heterocycles. The van der Waals surface area contributed by atoms with Crippen molar-refractivity contribution in [2.75, 3.05) is 0 Å². The van der Waals surface area contributed by atoms with E-state index in [4.69, 9.17) is 9.95 Å². The van der Waals surface area contributed by atoms with Gasteiger partial charge in [0.05, 0.1) is 12.0 Å². The van der Waals surface area contributed by atoms with E-state index in [-0.39, 0.29) is 0 Å². The highest BCUT2D eigenvalue weighted by molar-refractivity contribution is 5.87. The van der Waals surface area contributed by atoms with Crippen LogP contribution in [0.4, 0.5) is 5.69 Å². The zero-order valence-electron chi connectivity index (χ0n) is 6.14. The summed E-state index contributed by atoms with van der Waals surface area (Å²) in [5.41, 5.74) is 9.40. The molecule has 0 saturated heterocycles.